The maximum Gasteiger partial charge on any atom is 0.228 e. The van der Waals surface area contributed by atoms with Gasteiger partial charge in [-0.1, -0.05) is 11.6 Å². The number of nitrogens with one attached hydrogen (secondary N) is 1. The molecule has 88 valence electrons. The number of carbonyl (C=O) groups is 1. The Bertz CT molecular complexity index is 380. The lowest BCUT2D eigenvalue weighted by molar-refractivity contribution is -0.121. The first-order valence-corrected chi connectivity index (χ1v) is 5.28. The van der Waals surface area contributed by atoms with Crippen molar-refractivity contribution in [2.45, 2.75) is 25.9 Å². The van der Waals surface area contributed by atoms with Crippen molar-refractivity contribution in [2.24, 2.45) is 0 Å². The van der Waals surface area contributed by atoms with Gasteiger partial charge in [0.1, 0.15) is 0 Å². The van der Waals surface area contributed by atoms with Gasteiger partial charge in [0.25, 0.3) is 0 Å². The number of rotatable bonds is 4. The van der Waals surface area contributed by atoms with E-state index in [1.165, 1.54) is 0 Å². The van der Waals surface area contributed by atoms with Crippen LogP contribution in [0.1, 0.15) is 20.3 Å². The zero-order valence-electron chi connectivity index (χ0n) is 9.58. The number of ether oxygens (including phenoxy) is 1. The number of pyridine rings is 1. The molecule has 0 spiro atoms. The van der Waals surface area contributed by atoms with Crippen molar-refractivity contribution in [3.63, 3.8) is 0 Å². The average Bonchev–Trinajstić information content (AvgIpc) is 2.21. The summed E-state index contributed by atoms with van der Waals surface area (Å²) in [6, 6.07) is 3.38. The largest absolute Gasteiger partial charge is 0.378 e. The molecule has 0 saturated carbocycles. The quantitative estimate of drug-likeness (QED) is 0.883. The molecule has 1 aromatic rings. The van der Waals surface area contributed by atoms with Crippen LogP contribution in [-0.4, -0.2) is 23.6 Å². The van der Waals surface area contributed by atoms with Crippen LogP contribution in [0.15, 0.2) is 18.3 Å². The lowest BCUT2D eigenvalue weighted by Crippen LogP contribution is -2.29. The fourth-order valence-electron chi connectivity index (χ4n) is 1.11. The second-order valence-electron chi connectivity index (χ2n) is 4.02. The third-order valence-corrected chi connectivity index (χ3v) is 2.46. The lowest BCUT2D eigenvalue weighted by Gasteiger charge is -2.21. The molecule has 1 aromatic heterocycles. The van der Waals surface area contributed by atoms with Gasteiger partial charge in [-0.25, -0.2) is 4.98 Å². The molecule has 0 unspecified atom stereocenters. The topological polar surface area (TPSA) is 51.2 Å². The summed E-state index contributed by atoms with van der Waals surface area (Å²) in [6.45, 7) is 3.68. The third-order valence-electron chi connectivity index (χ3n) is 2.16. The standard InChI is InChI=1S/C11H15ClN2O2/c1-11(2,16-3)7-9(15)14-10-8(12)5-4-6-13-10/h4-6H,7H2,1-3H3,(H,13,14,15). The van der Waals surface area contributed by atoms with Gasteiger partial charge in [-0.2, -0.15) is 0 Å². The monoisotopic (exact) mass is 242 g/mol. The number of amides is 1. The molecule has 1 rings (SSSR count). The van der Waals surface area contributed by atoms with Crippen LogP contribution in [0.25, 0.3) is 0 Å². The maximum absolute atomic E-state index is 11.6. The van der Waals surface area contributed by atoms with Crippen molar-refractivity contribution in [1.82, 2.24) is 4.98 Å². The number of nitrogens with zero attached hydrogens (tertiary/aromatic N) is 1. The minimum atomic E-state index is -0.495. The Morgan fingerprint density at radius 2 is 2.31 bits per heavy atom. The molecule has 0 atom stereocenters. The number of hydrogen-bond donors (Lipinski definition) is 1. The van der Waals surface area contributed by atoms with Crippen LogP contribution < -0.4 is 5.32 Å². The molecular weight excluding hydrogens is 228 g/mol. The summed E-state index contributed by atoms with van der Waals surface area (Å²) in [4.78, 5) is 15.6. The predicted molar refractivity (Wildman–Crippen MR) is 63.6 cm³/mol. The highest BCUT2D eigenvalue weighted by Crippen LogP contribution is 2.19. The molecule has 1 N–H and O–H groups in total. The van der Waals surface area contributed by atoms with Gasteiger partial charge < -0.3 is 10.1 Å². The number of anilines is 1. The minimum Gasteiger partial charge on any atom is -0.378 e. The van der Waals surface area contributed by atoms with Crippen LogP contribution in [0.3, 0.4) is 0 Å². The smallest absolute Gasteiger partial charge is 0.228 e. The normalized spacial score (nSPS) is 11.2. The molecule has 16 heavy (non-hydrogen) atoms. The molecule has 0 aliphatic carbocycles. The summed E-state index contributed by atoms with van der Waals surface area (Å²) in [7, 11) is 1.57. The van der Waals surface area contributed by atoms with Crippen LogP contribution in [0, 0.1) is 0 Å². The van der Waals surface area contributed by atoms with Gasteiger partial charge in [0.15, 0.2) is 5.82 Å². The van der Waals surface area contributed by atoms with E-state index in [2.05, 4.69) is 10.3 Å². The molecule has 0 radical (unpaired) electrons. The van der Waals surface area contributed by atoms with E-state index < -0.39 is 5.60 Å². The minimum absolute atomic E-state index is 0.174. The SMILES string of the molecule is COC(C)(C)CC(=O)Nc1ncccc1Cl. The summed E-state index contributed by atoms with van der Waals surface area (Å²) in [6.07, 6.45) is 1.82. The Kier molecular flexibility index (Phi) is 4.26. The molecule has 0 bridgehead atoms. The Labute approximate surface area is 100.0 Å². The van der Waals surface area contributed by atoms with Gasteiger partial charge in [0.05, 0.1) is 17.0 Å². The van der Waals surface area contributed by atoms with Crippen LogP contribution in [0.2, 0.25) is 5.02 Å². The molecule has 1 amide bonds. The number of aromatic nitrogens is 1. The molecule has 0 aromatic carbocycles. The van der Waals surface area contributed by atoms with Gasteiger partial charge in [-0.05, 0) is 26.0 Å². The van der Waals surface area contributed by atoms with Crippen molar-refractivity contribution in [1.29, 1.82) is 0 Å². The average molecular weight is 243 g/mol. The zero-order chi connectivity index (χ0) is 12.2. The number of carbonyl (C=O) groups excluding carboxylic acids is 1. The Balaban J connectivity index is 2.62. The summed E-state index contributed by atoms with van der Waals surface area (Å²) in [5, 5.41) is 3.06. The summed E-state index contributed by atoms with van der Waals surface area (Å²) >= 11 is 5.86. The highest BCUT2D eigenvalue weighted by atomic mass is 35.5. The molecule has 0 aliphatic heterocycles. The van der Waals surface area contributed by atoms with E-state index in [-0.39, 0.29) is 12.3 Å². The Morgan fingerprint density at radius 3 is 2.88 bits per heavy atom. The zero-order valence-corrected chi connectivity index (χ0v) is 10.3. The van der Waals surface area contributed by atoms with E-state index in [1.54, 1.807) is 25.4 Å². The highest BCUT2D eigenvalue weighted by Gasteiger charge is 2.21. The Hall–Kier alpha value is -1.13. The van der Waals surface area contributed by atoms with Crippen LogP contribution in [0.4, 0.5) is 5.82 Å². The first-order valence-electron chi connectivity index (χ1n) is 4.90. The van der Waals surface area contributed by atoms with Crippen molar-refractivity contribution < 1.29 is 9.53 Å². The fraction of sp³-hybridized carbons (Fsp3) is 0.455. The second kappa shape index (κ2) is 5.27. The van der Waals surface area contributed by atoms with Crippen molar-refractivity contribution in [3.05, 3.63) is 23.4 Å². The fourth-order valence-corrected chi connectivity index (χ4v) is 1.28. The van der Waals surface area contributed by atoms with Crippen molar-refractivity contribution >= 4 is 23.3 Å². The van der Waals surface area contributed by atoms with E-state index >= 15 is 0 Å². The first kappa shape index (κ1) is 12.9. The maximum atomic E-state index is 11.6. The van der Waals surface area contributed by atoms with Gasteiger partial charge >= 0.3 is 0 Å². The van der Waals surface area contributed by atoms with Crippen molar-refractivity contribution in [3.8, 4) is 0 Å². The number of halogens is 1. The molecule has 0 fully saturated rings. The molecule has 0 aliphatic rings. The summed E-state index contributed by atoms with van der Waals surface area (Å²) in [5.74, 6) is 0.202. The molecule has 0 saturated heterocycles. The summed E-state index contributed by atoms with van der Waals surface area (Å²) in [5.41, 5.74) is -0.495. The lowest BCUT2D eigenvalue weighted by atomic mass is 10.1. The van der Waals surface area contributed by atoms with E-state index in [4.69, 9.17) is 16.3 Å². The van der Waals surface area contributed by atoms with Gasteiger partial charge in [0, 0.05) is 13.3 Å². The Morgan fingerprint density at radius 1 is 1.62 bits per heavy atom. The number of methoxy groups -OCH3 is 1. The van der Waals surface area contributed by atoms with Crippen molar-refractivity contribution in [2.75, 3.05) is 12.4 Å². The van der Waals surface area contributed by atoms with E-state index in [0.29, 0.717) is 10.8 Å². The van der Waals surface area contributed by atoms with E-state index in [9.17, 15) is 4.79 Å². The van der Waals surface area contributed by atoms with Crippen LogP contribution in [0.5, 0.6) is 0 Å². The van der Waals surface area contributed by atoms with Gasteiger partial charge in [-0.15, -0.1) is 0 Å². The van der Waals surface area contributed by atoms with Crippen LogP contribution >= 0.6 is 11.6 Å². The highest BCUT2D eigenvalue weighted by molar-refractivity contribution is 6.33. The van der Waals surface area contributed by atoms with Gasteiger partial charge in [-0.3, -0.25) is 4.79 Å². The molecule has 1 heterocycles. The van der Waals surface area contributed by atoms with Gasteiger partial charge in [0.2, 0.25) is 5.91 Å². The second-order valence-corrected chi connectivity index (χ2v) is 4.43. The predicted octanol–water partition coefficient (Wildman–Crippen LogP) is 2.49. The molecule has 4 nitrogen and oxygen atoms in total. The molecular formula is C11H15ClN2O2. The molecule has 5 heteroatoms. The number of hydrogen-bond acceptors (Lipinski definition) is 3. The summed E-state index contributed by atoms with van der Waals surface area (Å²) < 4.78 is 5.16. The van der Waals surface area contributed by atoms with E-state index in [1.807, 2.05) is 13.8 Å². The first-order chi connectivity index (χ1) is 7.44. The van der Waals surface area contributed by atoms with Crippen LogP contribution in [-0.2, 0) is 9.53 Å². The third kappa shape index (κ3) is 3.79. The van der Waals surface area contributed by atoms with E-state index in [0.717, 1.165) is 0 Å².